The maximum Gasteiger partial charge on any atom is 0.412 e. The van der Waals surface area contributed by atoms with Crippen molar-refractivity contribution in [2.75, 3.05) is 5.32 Å². The summed E-state index contributed by atoms with van der Waals surface area (Å²) in [6, 6.07) is 4.24. The highest BCUT2D eigenvalue weighted by Gasteiger charge is 2.17. The molecule has 106 valence electrons. The van der Waals surface area contributed by atoms with Crippen molar-refractivity contribution >= 4 is 21.8 Å². The molecule has 0 unspecified atom stereocenters. The SMILES string of the molecule is Cc1ccc(S(N)(=O)=O)cc1NC(=O)OC(C)(C)C. The van der Waals surface area contributed by atoms with Crippen molar-refractivity contribution in [1.82, 2.24) is 0 Å². The van der Waals surface area contributed by atoms with Crippen LogP contribution in [0.1, 0.15) is 26.3 Å². The Morgan fingerprint density at radius 3 is 2.37 bits per heavy atom. The van der Waals surface area contributed by atoms with Crippen molar-refractivity contribution < 1.29 is 17.9 Å². The number of aryl methyl sites for hydroxylation is 1. The molecule has 0 radical (unpaired) electrons. The number of sulfonamides is 1. The number of carbonyl (C=O) groups excluding carboxylic acids is 1. The van der Waals surface area contributed by atoms with Gasteiger partial charge in [-0.1, -0.05) is 6.07 Å². The number of nitrogens with two attached hydrogens (primary N) is 1. The van der Waals surface area contributed by atoms with Gasteiger partial charge in [-0.15, -0.1) is 0 Å². The normalized spacial score (nSPS) is 12.1. The monoisotopic (exact) mass is 286 g/mol. The van der Waals surface area contributed by atoms with Crippen molar-refractivity contribution in [2.45, 2.75) is 38.2 Å². The van der Waals surface area contributed by atoms with Crippen molar-refractivity contribution in [3.8, 4) is 0 Å². The summed E-state index contributed by atoms with van der Waals surface area (Å²) in [5, 5.41) is 7.53. The molecule has 1 rings (SSSR count). The van der Waals surface area contributed by atoms with Gasteiger partial charge in [0.2, 0.25) is 10.0 Å². The Balaban J connectivity index is 2.99. The van der Waals surface area contributed by atoms with Crippen LogP contribution in [-0.4, -0.2) is 20.1 Å². The number of anilines is 1. The van der Waals surface area contributed by atoms with Crippen molar-refractivity contribution in [3.05, 3.63) is 23.8 Å². The van der Waals surface area contributed by atoms with Gasteiger partial charge < -0.3 is 4.74 Å². The van der Waals surface area contributed by atoms with Gasteiger partial charge in [0.1, 0.15) is 5.60 Å². The molecule has 0 saturated carbocycles. The second kappa shape index (κ2) is 5.18. The van der Waals surface area contributed by atoms with E-state index in [9.17, 15) is 13.2 Å². The van der Waals surface area contributed by atoms with E-state index in [2.05, 4.69) is 5.32 Å². The zero-order valence-electron chi connectivity index (χ0n) is 11.4. The van der Waals surface area contributed by atoms with E-state index in [0.717, 1.165) is 0 Å². The highest BCUT2D eigenvalue weighted by Crippen LogP contribution is 2.20. The molecule has 1 aromatic rings. The molecule has 0 aromatic heterocycles. The van der Waals surface area contributed by atoms with Crippen LogP contribution in [0.2, 0.25) is 0 Å². The number of primary sulfonamides is 1. The summed E-state index contributed by atoms with van der Waals surface area (Å²) in [7, 11) is -3.81. The second-order valence-electron chi connectivity index (χ2n) is 5.15. The zero-order valence-corrected chi connectivity index (χ0v) is 12.2. The number of hydrogen-bond donors (Lipinski definition) is 2. The number of carbonyl (C=O) groups is 1. The van der Waals surface area contributed by atoms with Crippen molar-refractivity contribution in [1.29, 1.82) is 0 Å². The summed E-state index contributed by atoms with van der Waals surface area (Å²) < 4.78 is 27.6. The van der Waals surface area contributed by atoms with Gasteiger partial charge in [-0.25, -0.2) is 18.4 Å². The average molecular weight is 286 g/mol. The van der Waals surface area contributed by atoms with Crippen LogP contribution >= 0.6 is 0 Å². The van der Waals surface area contributed by atoms with Gasteiger partial charge in [-0.3, -0.25) is 5.32 Å². The van der Waals surface area contributed by atoms with Crippen molar-refractivity contribution in [2.24, 2.45) is 5.14 Å². The molecular formula is C12H18N2O4S. The van der Waals surface area contributed by atoms with Crippen molar-refractivity contribution in [3.63, 3.8) is 0 Å². The van der Waals surface area contributed by atoms with Crippen LogP contribution in [0.25, 0.3) is 0 Å². The Hall–Kier alpha value is -1.60. The zero-order chi connectivity index (χ0) is 14.8. The maximum absolute atomic E-state index is 11.6. The molecule has 19 heavy (non-hydrogen) atoms. The summed E-state index contributed by atoms with van der Waals surface area (Å²) >= 11 is 0. The standard InChI is InChI=1S/C12H18N2O4S/c1-8-5-6-9(19(13,16)17)7-10(8)14-11(15)18-12(2,3)4/h5-7H,1-4H3,(H,14,15)(H2,13,16,17). The lowest BCUT2D eigenvalue weighted by molar-refractivity contribution is 0.0635. The second-order valence-corrected chi connectivity index (χ2v) is 6.71. The fourth-order valence-electron chi connectivity index (χ4n) is 1.33. The van der Waals surface area contributed by atoms with Gasteiger partial charge in [0.05, 0.1) is 4.90 Å². The molecule has 0 fully saturated rings. The van der Waals surface area contributed by atoms with E-state index in [4.69, 9.17) is 9.88 Å². The highest BCUT2D eigenvalue weighted by molar-refractivity contribution is 7.89. The predicted molar refractivity (Wildman–Crippen MR) is 72.4 cm³/mol. The van der Waals surface area contributed by atoms with E-state index >= 15 is 0 Å². The van der Waals surface area contributed by atoms with E-state index in [1.54, 1.807) is 33.8 Å². The molecule has 0 aliphatic carbocycles. The third-order valence-corrected chi connectivity index (χ3v) is 3.08. The third-order valence-electron chi connectivity index (χ3n) is 2.17. The van der Waals surface area contributed by atoms with Gasteiger partial charge in [0.25, 0.3) is 0 Å². The minimum atomic E-state index is -3.81. The number of amides is 1. The van der Waals surface area contributed by atoms with E-state index < -0.39 is 21.7 Å². The van der Waals surface area contributed by atoms with Crippen LogP contribution in [0, 0.1) is 6.92 Å². The number of hydrogen-bond acceptors (Lipinski definition) is 4. The topological polar surface area (TPSA) is 98.5 Å². The molecular weight excluding hydrogens is 268 g/mol. The first kappa shape index (κ1) is 15.5. The summed E-state index contributed by atoms with van der Waals surface area (Å²) in [6.45, 7) is 6.94. The number of benzene rings is 1. The Morgan fingerprint density at radius 2 is 1.89 bits per heavy atom. The van der Waals surface area contributed by atoms with Crippen LogP contribution in [0.15, 0.2) is 23.1 Å². The summed E-state index contributed by atoms with van der Waals surface area (Å²) in [5.41, 5.74) is 0.425. The number of nitrogens with one attached hydrogen (secondary N) is 1. The molecule has 0 aliphatic rings. The van der Waals surface area contributed by atoms with Gasteiger partial charge in [0, 0.05) is 5.69 Å². The molecule has 1 amide bonds. The molecule has 0 aliphatic heterocycles. The molecule has 0 saturated heterocycles. The Labute approximate surface area is 113 Å². The Morgan fingerprint density at radius 1 is 1.32 bits per heavy atom. The van der Waals surface area contributed by atoms with E-state index in [0.29, 0.717) is 11.3 Å². The summed E-state index contributed by atoms with van der Waals surface area (Å²) in [6.07, 6.45) is -0.651. The number of rotatable bonds is 2. The number of ether oxygens (including phenoxy) is 1. The molecule has 0 bridgehead atoms. The van der Waals surface area contributed by atoms with Gasteiger partial charge >= 0.3 is 6.09 Å². The lowest BCUT2D eigenvalue weighted by Gasteiger charge is -2.20. The first-order chi connectivity index (χ1) is 8.49. The van der Waals surface area contributed by atoms with Crippen LogP contribution in [-0.2, 0) is 14.8 Å². The van der Waals surface area contributed by atoms with Gasteiger partial charge in [0.15, 0.2) is 0 Å². The maximum atomic E-state index is 11.6. The van der Waals surface area contributed by atoms with Crippen LogP contribution in [0.5, 0.6) is 0 Å². The molecule has 7 heteroatoms. The molecule has 6 nitrogen and oxygen atoms in total. The van der Waals surface area contributed by atoms with E-state index in [1.165, 1.54) is 12.1 Å². The quantitative estimate of drug-likeness (QED) is 0.868. The third kappa shape index (κ3) is 4.88. The highest BCUT2D eigenvalue weighted by atomic mass is 32.2. The van der Waals surface area contributed by atoms with Crippen LogP contribution < -0.4 is 10.5 Å². The molecule has 0 atom stereocenters. The summed E-state index contributed by atoms with van der Waals surface area (Å²) in [5.74, 6) is 0. The van der Waals surface area contributed by atoms with Crippen LogP contribution in [0.4, 0.5) is 10.5 Å². The first-order valence-electron chi connectivity index (χ1n) is 5.62. The van der Waals surface area contributed by atoms with E-state index in [1.807, 2.05) is 0 Å². The Bertz CT molecular complexity index is 588. The molecule has 0 spiro atoms. The average Bonchev–Trinajstić information content (AvgIpc) is 2.16. The summed E-state index contributed by atoms with van der Waals surface area (Å²) in [4.78, 5) is 11.6. The largest absolute Gasteiger partial charge is 0.444 e. The first-order valence-corrected chi connectivity index (χ1v) is 7.17. The minimum absolute atomic E-state index is 0.0656. The van der Waals surface area contributed by atoms with Crippen LogP contribution in [0.3, 0.4) is 0 Å². The fourth-order valence-corrected chi connectivity index (χ4v) is 1.87. The smallest absolute Gasteiger partial charge is 0.412 e. The van der Waals surface area contributed by atoms with E-state index in [-0.39, 0.29) is 4.90 Å². The minimum Gasteiger partial charge on any atom is -0.444 e. The van der Waals surface area contributed by atoms with Gasteiger partial charge in [-0.2, -0.15) is 0 Å². The molecule has 3 N–H and O–H groups in total. The predicted octanol–water partition coefficient (Wildman–Crippen LogP) is 1.99. The Kier molecular flexibility index (Phi) is 4.21. The molecule has 1 aromatic carbocycles. The fraction of sp³-hybridized carbons (Fsp3) is 0.417. The molecule has 0 heterocycles. The van der Waals surface area contributed by atoms with Gasteiger partial charge in [-0.05, 0) is 45.4 Å². The lowest BCUT2D eigenvalue weighted by Crippen LogP contribution is -2.27. The lowest BCUT2D eigenvalue weighted by atomic mass is 10.2.